The number of hydrogen-bond donors (Lipinski definition) is 3. The zero-order valence-corrected chi connectivity index (χ0v) is 12.8. The molecule has 21 heavy (non-hydrogen) atoms. The summed E-state index contributed by atoms with van der Waals surface area (Å²) in [5.41, 5.74) is 3.30. The van der Waals surface area contributed by atoms with E-state index in [1.54, 1.807) is 31.2 Å². The normalized spacial score (nSPS) is 12.9. The van der Waals surface area contributed by atoms with Crippen molar-refractivity contribution in [3.63, 3.8) is 0 Å². The third-order valence-corrected chi connectivity index (χ3v) is 4.85. The van der Waals surface area contributed by atoms with Gasteiger partial charge in [0, 0.05) is 23.5 Å². The highest BCUT2D eigenvalue weighted by molar-refractivity contribution is 7.89. The summed E-state index contributed by atoms with van der Waals surface area (Å²) in [6.45, 7) is 1.71. The van der Waals surface area contributed by atoms with Gasteiger partial charge in [0.05, 0.1) is 5.69 Å². The highest BCUT2D eigenvalue weighted by Gasteiger charge is 2.22. The lowest BCUT2D eigenvalue weighted by Crippen LogP contribution is -2.28. The first-order valence-corrected chi connectivity index (χ1v) is 7.99. The molecule has 0 radical (unpaired) electrons. The molecule has 0 spiro atoms. The molecule has 8 heteroatoms. The predicted octanol–water partition coefficient (Wildman–Crippen LogP) is 2.06. The van der Waals surface area contributed by atoms with Gasteiger partial charge in [0.15, 0.2) is 0 Å². The molecule has 1 aromatic carbocycles. The van der Waals surface area contributed by atoms with Gasteiger partial charge in [-0.05, 0) is 24.6 Å². The Morgan fingerprint density at radius 3 is 2.67 bits per heavy atom. The van der Waals surface area contributed by atoms with Gasteiger partial charge >= 0.3 is 0 Å². The monoisotopic (exact) mass is 326 g/mol. The number of nitrogens with one attached hydrogen (secondary N) is 2. The van der Waals surface area contributed by atoms with Crippen molar-refractivity contribution in [2.45, 2.75) is 17.9 Å². The Balaban J connectivity index is 2.32. The minimum atomic E-state index is -3.78. The molecule has 1 atom stereocenters. The second kappa shape index (κ2) is 6.40. The first kappa shape index (κ1) is 15.7. The summed E-state index contributed by atoms with van der Waals surface area (Å²) in [5.74, 6) is 5.32. The molecule has 0 fully saturated rings. The Kier molecular flexibility index (Phi) is 4.79. The number of nitrogens with two attached hydrogens (primary N) is 1. The van der Waals surface area contributed by atoms with E-state index in [2.05, 4.69) is 15.1 Å². The molecule has 0 aliphatic carbocycles. The molecule has 1 unspecified atom stereocenters. The van der Waals surface area contributed by atoms with E-state index >= 15 is 0 Å². The summed E-state index contributed by atoms with van der Waals surface area (Å²) in [4.78, 5) is 3.79. The molecule has 0 saturated carbocycles. The van der Waals surface area contributed by atoms with E-state index in [1.165, 1.54) is 18.5 Å². The first-order chi connectivity index (χ1) is 9.95. The number of nitrogens with zero attached hydrogens (tertiary/aromatic N) is 1. The van der Waals surface area contributed by atoms with Crippen LogP contribution in [-0.2, 0) is 10.0 Å². The number of benzene rings is 1. The number of rotatable bonds is 5. The van der Waals surface area contributed by atoms with Gasteiger partial charge in [-0.15, -0.1) is 0 Å². The van der Waals surface area contributed by atoms with E-state index in [0.29, 0.717) is 10.6 Å². The van der Waals surface area contributed by atoms with Gasteiger partial charge in [0.1, 0.15) is 4.90 Å². The fourth-order valence-electron chi connectivity index (χ4n) is 1.90. The topological polar surface area (TPSA) is 97.1 Å². The second-order valence-electron chi connectivity index (χ2n) is 4.38. The third-order valence-electron chi connectivity index (χ3n) is 2.93. The largest absolute Gasteiger partial charge is 0.323 e. The number of halogens is 1. The van der Waals surface area contributed by atoms with Crippen molar-refractivity contribution in [1.29, 1.82) is 0 Å². The highest BCUT2D eigenvalue weighted by Crippen LogP contribution is 2.25. The van der Waals surface area contributed by atoms with Crippen molar-refractivity contribution in [1.82, 2.24) is 9.71 Å². The van der Waals surface area contributed by atoms with Gasteiger partial charge in [-0.25, -0.2) is 13.1 Å². The average molecular weight is 327 g/mol. The summed E-state index contributed by atoms with van der Waals surface area (Å²) in [7, 11) is -3.78. The average Bonchev–Trinajstić information content (AvgIpc) is 2.47. The Morgan fingerprint density at radius 2 is 2.00 bits per heavy atom. The number of nitrogen functional groups attached to an aromatic ring is 1. The minimum Gasteiger partial charge on any atom is -0.323 e. The molecule has 1 heterocycles. The maximum absolute atomic E-state index is 12.4. The Hall–Kier alpha value is -1.67. The van der Waals surface area contributed by atoms with Crippen molar-refractivity contribution in [3.05, 3.63) is 53.3 Å². The van der Waals surface area contributed by atoms with E-state index in [-0.39, 0.29) is 10.6 Å². The number of hydrogen-bond acceptors (Lipinski definition) is 5. The molecule has 6 nitrogen and oxygen atoms in total. The van der Waals surface area contributed by atoms with Crippen LogP contribution in [0.3, 0.4) is 0 Å². The molecule has 2 aromatic rings. The van der Waals surface area contributed by atoms with E-state index in [0.717, 1.165) is 0 Å². The van der Waals surface area contributed by atoms with Crippen molar-refractivity contribution >= 4 is 27.3 Å². The number of sulfonamides is 1. The van der Waals surface area contributed by atoms with E-state index < -0.39 is 16.1 Å². The van der Waals surface area contributed by atoms with Crippen LogP contribution in [0.25, 0.3) is 0 Å². The van der Waals surface area contributed by atoms with Crippen LogP contribution < -0.4 is 16.0 Å². The number of aromatic nitrogens is 1. The molecule has 0 aliphatic heterocycles. The molecular formula is C13H15ClN4O2S. The zero-order valence-electron chi connectivity index (χ0n) is 11.2. The summed E-state index contributed by atoms with van der Waals surface area (Å²) >= 11 is 6.07. The van der Waals surface area contributed by atoms with Gasteiger partial charge in [0.25, 0.3) is 0 Å². The fraction of sp³-hybridized carbons (Fsp3) is 0.154. The van der Waals surface area contributed by atoms with Crippen LogP contribution in [-0.4, -0.2) is 13.4 Å². The SMILES string of the molecule is CC(NS(=O)(=O)c1cnccc1NN)c1ccccc1Cl. The van der Waals surface area contributed by atoms with Crippen LogP contribution in [0.15, 0.2) is 47.6 Å². The molecular weight excluding hydrogens is 312 g/mol. The van der Waals surface area contributed by atoms with Crippen LogP contribution in [0.5, 0.6) is 0 Å². The van der Waals surface area contributed by atoms with Gasteiger partial charge < -0.3 is 5.43 Å². The first-order valence-electron chi connectivity index (χ1n) is 6.13. The maximum Gasteiger partial charge on any atom is 0.244 e. The zero-order chi connectivity index (χ0) is 15.5. The van der Waals surface area contributed by atoms with Crippen molar-refractivity contribution in [2.75, 3.05) is 5.43 Å². The summed E-state index contributed by atoms with van der Waals surface area (Å²) in [6, 6.07) is 8.04. The van der Waals surface area contributed by atoms with Crippen molar-refractivity contribution < 1.29 is 8.42 Å². The van der Waals surface area contributed by atoms with Crippen LogP contribution in [0.2, 0.25) is 5.02 Å². The van der Waals surface area contributed by atoms with Crippen molar-refractivity contribution in [2.24, 2.45) is 5.84 Å². The Morgan fingerprint density at radius 1 is 1.29 bits per heavy atom. The molecule has 112 valence electrons. The maximum atomic E-state index is 12.4. The number of anilines is 1. The van der Waals surface area contributed by atoms with Gasteiger partial charge in [-0.3, -0.25) is 10.8 Å². The van der Waals surface area contributed by atoms with Crippen LogP contribution >= 0.6 is 11.6 Å². The smallest absolute Gasteiger partial charge is 0.244 e. The number of pyridine rings is 1. The highest BCUT2D eigenvalue weighted by atomic mass is 35.5. The van der Waals surface area contributed by atoms with Crippen LogP contribution in [0, 0.1) is 0 Å². The molecule has 4 N–H and O–H groups in total. The molecule has 0 amide bonds. The third kappa shape index (κ3) is 3.51. The molecule has 0 bridgehead atoms. The van der Waals surface area contributed by atoms with Crippen LogP contribution in [0.1, 0.15) is 18.5 Å². The summed E-state index contributed by atoms with van der Waals surface area (Å²) in [5, 5.41) is 0.496. The Labute approximate surface area is 128 Å². The quantitative estimate of drug-likeness (QED) is 0.577. The molecule has 2 rings (SSSR count). The molecule has 1 aromatic heterocycles. The van der Waals surface area contributed by atoms with Crippen LogP contribution in [0.4, 0.5) is 5.69 Å². The van der Waals surface area contributed by atoms with Gasteiger partial charge in [0.2, 0.25) is 10.0 Å². The van der Waals surface area contributed by atoms with E-state index in [1.807, 2.05) is 0 Å². The fourth-order valence-corrected chi connectivity index (χ4v) is 3.53. The van der Waals surface area contributed by atoms with Crippen molar-refractivity contribution in [3.8, 4) is 0 Å². The standard InChI is InChI=1S/C13H15ClN4O2S/c1-9(10-4-2-3-5-11(10)14)18-21(19,20)13-8-16-7-6-12(13)17-15/h2-9,18H,15H2,1H3,(H,16,17). The Bertz CT molecular complexity index is 736. The van der Waals surface area contributed by atoms with Gasteiger partial charge in [-0.2, -0.15) is 0 Å². The minimum absolute atomic E-state index is 0.0218. The lowest BCUT2D eigenvalue weighted by atomic mass is 10.1. The molecule has 0 saturated heterocycles. The predicted molar refractivity (Wildman–Crippen MR) is 82.2 cm³/mol. The lowest BCUT2D eigenvalue weighted by molar-refractivity contribution is 0.567. The lowest BCUT2D eigenvalue weighted by Gasteiger charge is -2.17. The van der Waals surface area contributed by atoms with E-state index in [4.69, 9.17) is 17.4 Å². The number of hydrazine groups is 1. The summed E-state index contributed by atoms with van der Waals surface area (Å²) < 4.78 is 27.4. The molecule has 0 aliphatic rings. The second-order valence-corrected chi connectivity index (χ2v) is 6.47. The van der Waals surface area contributed by atoms with E-state index in [9.17, 15) is 8.42 Å². The summed E-state index contributed by atoms with van der Waals surface area (Å²) in [6.07, 6.45) is 2.68. The van der Waals surface area contributed by atoms with Gasteiger partial charge in [-0.1, -0.05) is 29.8 Å².